The van der Waals surface area contributed by atoms with Crippen molar-refractivity contribution >= 4 is 5.97 Å². The summed E-state index contributed by atoms with van der Waals surface area (Å²) in [4.78, 5) is 16.9. The molecule has 0 aromatic carbocycles. The molecule has 98 valence electrons. The zero-order chi connectivity index (χ0) is 12.8. The second kappa shape index (κ2) is 6.35. The predicted octanol–water partition coefficient (Wildman–Crippen LogP) is 1.64. The fourth-order valence-corrected chi connectivity index (χ4v) is 2.09. The highest BCUT2D eigenvalue weighted by atomic mass is 16.5. The van der Waals surface area contributed by atoms with E-state index >= 15 is 0 Å². The summed E-state index contributed by atoms with van der Waals surface area (Å²) >= 11 is 0. The average molecular weight is 250 g/mol. The second-order valence-corrected chi connectivity index (χ2v) is 4.43. The lowest BCUT2D eigenvalue weighted by Crippen LogP contribution is -2.33. The number of piperidine rings is 1. The van der Waals surface area contributed by atoms with Crippen molar-refractivity contribution in [2.75, 3.05) is 26.2 Å². The summed E-state index contributed by atoms with van der Waals surface area (Å²) in [5.74, 6) is -0.462. The maximum Gasteiger partial charge on any atom is 0.354 e. The summed E-state index contributed by atoms with van der Waals surface area (Å²) in [6.07, 6.45) is 5.31. The van der Waals surface area contributed by atoms with Gasteiger partial charge in [-0.1, -0.05) is 6.42 Å². The van der Waals surface area contributed by atoms with Gasteiger partial charge in [0.15, 0.2) is 5.69 Å². The van der Waals surface area contributed by atoms with E-state index < -0.39 is 5.97 Å². The Morgan fingerprint density at radius 2 is 2.17 bits per heavy atom. The number of likely N-dealkylation sites (tertiary alicyclic amines) is 1. The van der Waals surface area contributed by atoms with Crippen LogP contribution in [-0.4, -0.2) is 47.2 Å². The number of carboxylic acids is 1. The molecule has 0 radical (unpaired) electrons. The lowest BCUT2D eigenvalue weighted by Gasteiger charge is -2.26. The van der Waals surface area contributed by atoms with Crippen LogP contribution in [0.3, 0.4) is 0 Å². The minimum Gasteiger partial charge on any atom is -0.492 e. The predicted molar refractivity (Wildman–Crippen MR) is 67.0 cm³/mol. The van der Waals surface area contributed by atoms with Gasteiger partial charge in [0.05, 0.1) is 0 Å². The standard InChI is InChI=1S/C13H18N2O3/c16-13(17)12-10-11(4-5-14-12)18-9-8-15-6-2-1-3-7-15/h4-5,10H,1-3,6-9H2,(H,16,17). The van der Waals surface area contributed by atoms with Crippen LogP contribution in [0.15, 0.2) is 18.3 Å². The molecule has 2 heterocycles. The van der Waals surface area contributed by atoms with Crippen molar-refractivity contribution < 1.29 is 14.6 Å². The van der Waals surface area contributed by atoms with Crippen molar-refractivity contribution in [2.24, 2.45) is 0 Å². The zero-order valence-corrected chi connectivity index (χ0v) is 10.3. The van der Waals surface area contributed by atoms with Gasteiger partial charge in [-0.05, 0) is 32.0 Å². The number of hydrogen-bond donors (Lipinski definition) is 1. The zero-order valence-electron chi connectivity index (χ0n) is 10.3. The van der Waals surface area contributed by atoms with E-state index in [2.05, 4.69) is 9.88 Å². The quantitative estimate of drug-likeness (QED) is 0.860. The molecule has 1 fully saturated rings. The van der Waals surface area contributed by atoms with Gasteiger partial charge >= 0.3 is 5.97 Å². The molecule has 1 aromatic heterocycles. The maximum absolute atomic E-state index is 10.7. The first-order chi connectivity index (χ1) is 8.75. The van der Waals surface area contributed by atoms with Gasteiger partial charge in [0, 0.05) is 18.8 Å². The highest BCUT2D eigenvalue weighted by Crippen LogP contribution is 2.12. The summed E-state index contributed by atoms with van der Waals surface area (Å²) in [6, 6.07) is 3.14. The Bertz CT molecular complexity index is 403. The molecule has 0 spiro atoms. The lowest BCUT2D eigenvalue weighted by molar-refractivity contribution is 0.0689. The van der Waals surface area contributed by atoms with Crippen LogP contribution < -0.4 is 4.74 Å². The van der Waals surface area contributed by atoms with E-state index in [0.29, 0.717) is 12.4 Å². The van der Waals surface area contributed by atoms with Crippen molar-refractivity contribution in [3.8, 4) is 5.75 Å². The average Bonchev–Trinajstić information content (AvgIpc) is 2.40. The van der Waals surface area contributed by atoms with Gasteiger partial charge < -0.3 is 9.84 Å². The number of rotatable bonds is 5. The molecule has 1 aliphatic rings. The van der Waals surface area contributed by atoms with Crippen LogP contribution >= 0.6 is 0 Å². The van der Waals surface area contributed by atoms with Crippen LogP contribution in [-0.2, 0) is 0 Å². The summed E-state index contributed by atoms with van der Waals surface area (Å²) < 4.78 is 5.55. The van der Waals surface area contributed by atoms with Crippen LogP contribution in [0.25, 0.3) is 0 Å². The number of hydrogen-bond acceptors (Lipinski definition) is 4. The molecule has 1 saturated heterocycles. The van der Waals surface area contributed by atoms with Gasteiger partial charge in [-0.25, -0.2) is 9.78 Å². The van der Waals surface area contributed by atoms with Crippen molar-refractivity contribution in [1.29, 1.82) is 0 Å². The number of aromatic nitrogens is 1. The van der Waals surface area contributed by atoms with Gasteiger partial charge in [-0.3, -0.25) is 4.90 Å². The minimum atomic E-state index is -1.03. The third kappa shape index (κ3) is 3.70. The highest BCUT2D eigenvalue weighted by molar-refractivity contribution is 5.85. The van der Waals surface area contributed by atoms with Crippen LogP contribution in [0.2, 0.25) is 0 Å². The topological polar surface area (TPSA) is 62.7 Å². The van der Waals surface area contributed by atoms with E-state index in [1.54, 1.807) is 6.07 Å². The molecule has 0 atom stereocenters. The molecule has 0 unspecified atom stereocenters. The van der Waals surface area contributed by atoms with Gasteiger partial charge in [0.25, 0.3) is 0 Å². The summed E-state index contributed by atoms with van der Waals surface area (Å²) in [7, 11) is 0. The van der Waals surface area contributed by atoms with E-state index in [0.717, 1.165) is 19.6 Å². The molecule has 0 bridgehead atoms. The van der Waals surface area contributed by atoms with Crippen molar-refractivity contribution in [2.45, 2.75) is 19.3 Å². The molecule has 1 aliphatic heterocycles. The van der Waals surface area contributed by atoms with Crippen LogP contribution in [0.4, 0.5) is 0 Å². The molecule has 1 aromatic rings. The van der Waals surface area contributed by atoms with E-state index in [-0.39, 0.29) is 5.69 Å². The number of pyridine rings is 1. The van der Waals surface area contributed by atoms with Gasteiger partial charge in [-0.2, -0.15) is 0 Å². The van der Waals surface area contributed by atoms with E-state index in [1.807, 2.05) is 0 Å². The number of carbonyl (C=O) groups is 1. The van der Waals surface area contributed by atoms with Crippen LogP contribution in [0.5, 0.6) is 5.75 Å². The molecule has 2 rings (SSSR count). The lowest BCUT2D eigenvalue weighted by atomic mass is 10.1. The highest BCUT2D eigenvalue weighted by Gasteiger charge is 2.10. The maximum atomic E-state index is 10.7. The monoisotopic (exact) mass is 250 g/mol. The van der Waals surface area contributed by atoms with Crippen LogP contribution in [0, 0.1) is 0 Å². The number of carboxylic acid groups (broad SMARTS) is 1. The molecule has 0 amide bonds. The summed E-state index contributed by atoms with van der Waals surface area (Å²) in [5, 5.41) is 8.81. The number of nitrogens with zero attached hydrogens (tertiary/aromatic N) is 2. The Morgan fingerprint density at radius 3 is 2.89 bits per heavy atom. The Balaban J connectivity index is 1.78. The first-order valence-electron chi connectivity index (χ1n) is 6.30. The largest absolute Gasteiger partial charge is 0.492 e. The van der Waals surface area contributed by atoms with E-state index in [1.165, 1.54) is 31.5 Å². The Morgan fingerprint density at radius 1 is 1.39 bits per heavy atom. The van der Waals surface area contributed by atoms with Gasteiger partial charge in [0.1, 0.15) is 12.4 Å². The Hall–Kier alpha value is -1.62. The third-order valence-electron chi connectivity index (χ3n) is 3.08. The first kappa shape index (κ1) is 12.8. The van der Waals surface area contributed by atoms with E-state index in [9.17, 15) is 4.79 Å². The molecule has 18 heavy (non-hydrogen) atoms. The number of ether oxygens (including phenoxy) is 1. The summed E-state index contributed by atoms with van der Waals surface area (Å²) in [6.45, 7) is 3.76. The van der Waals surface area contributed by atoms with Crippen molar-refractivity contribution in [3.63, 3.8) is 0 Å². The van der Waals surface area contributed by atoms with Crippen molar-refractivity contribution in [3.05, 3.63) is 24.0 Å². The summed E-state index contributed by atoms with van der Waals surface area (Å²) in [5.41, 5.74) is 0.0190. The Labute approximate surface area is 106 Å². The first-order valence-corrected chi connectivity index (χ1v) is 6.30. The smallest absolute Gasteiger partial charge is 0.354 e. The molecule has 5 nitrogen and oxygen atoms in total. The fourth-order valence-electron chi connectivity index (χ4n) is 2.09. The normalized spacial score (nSPS) is 16.4. The molecule has 0 aliphatic carbocycles. The molecular weight excluding hydrogens is 232 g/mol. The fraction of sp³-hybridized carbons (Fsp3) is 0.538. The Kier molecular flexibility index (Phi) is 4.52. The molecular formula is C13H18N2O3. The van der Waals surface area contributed by atoms with Crippen molar-refractivity contribution in [1.82, 2.24) is 9.88 Å². The SMILES string of the molecule is O=C(O)c1cc(OCCN2CCCCC2)ccn1. The van der Waals surface area contributed by atoms with Gasteiger partial charge in [0.2, 0.25) is 0 Å². The number of aromatic carboxylic acids is 1. The van der Waals surface area contributed by atoms with E-state index in [4.69, 9.17) is 9.84 Å². The third-order valence-corrected chi connectivity index (χ3v) is 3.08. The van der Waals surface area contributed by atoms with Gasteiger partial charge in [-0.15, -0.1) is 0 Å². The molecule has 5 heteroatoms. The molecule has 0 saturated carbocycles. The second-order valence-electron chi connectivity index (χ2n) is 4.43. The van der Waals surface area contributed by atoms with Crippen LogP contribution in [0.1, 0.15) is 29.8 Å². The molecule has 1 N–H and O–H groups in total. The minimum absolute atomic E-state index is 0.0190.